The SMILES string of the molecule is C[C@H](NC(=O)OC(C)(C)C)c1cccc(N)c1. The largest absolute Gasteiger partial charge is 0.444 e. The number of anilines is 1. The molecule has 0 heterocycles. The number of amides is 1. The topological polar surface area (TPSA) is 64.3 Å². The Kier molecular flexibility index (Phi) is 3.99. The molecule has 0 radical (unpaired) electrons. The third-order valence-corrected chi connectivity index (χ3v) is 2.14. The molecule has 0 saturated heterocycles. The second-order valence-electron chi connectivity index (χ2n) is 5.04. The van der Waals surface area contributed by atoms with Crippen molar-refractivity contribution in [2.24, 2.45) is 0 Å². The Balaban J connectivity index is 2.61. The summed E-state index contributed by atoms with van der Waals surface area (Å²) in [6.07, 6.45) is -0.424. The van der Waals surface area contributed by atoms with Gasteiger partial charge >= 0.3 is 6.09 Å². The Morgan fingerprint density at radius 3 is 2.59 bits per heavy atom. The highest BCUT2D eigenvalue weighted by molar-refractivity contribution is 5.68. The lowest BCUT2D eigenvalue weighted by atomic mass is 10.1. The summed E-state index contributed by atoms with van der Waals surface area (Å²) in [4.78, 5) is 11.6. The van der Waals surface area contributed by atoms with Crippen LogP contribution >= 0.6 is 0 Å². The maximum atomic E-state index is 11.6. The smallest absolute Gasteiger partial charge is 0.408 e. The number of carbonyl (C=O) groups is 1. The second kappa shape index (κ2) is 5.08. The number of ether oxygens (including phenoxy) is 1. The van der Waals surface area contributed by atoms with E-state index in [4.69, 9.17) is 10.5 Å². The lowest BCUT2D eigenvalue weighted by Gasteiger charge is -2.22. The highest BCUT2D eigenvalue weighted by Crippen LogP contribution is 2.16. The van der Waals surface area contributed by atoms with Crippen LogP contribution in [-0.4, -0.2) is 11.7 Å². The molecule has 1 amide bonds. The zero-order valence-electron chi connectivity index (χ0n) is 10.8. The summed E-state index contributed by atoms with van der Waals surface area (Å²) in [5.74, 6) is 0. The highest BCUT2D eigenvalue weighted by Gasteiger charge is 2.18. The Hall–Kier alpha value is -1.71. The fourth-order valence-corrected chi connectivity index (χ4v) is 1.40. The first-order chi connectivity index (χ1) is 7.78. The lowest BCUT2D eigenvalue weighted by Crippen LogP contribution is -2.34. The maximum Gasteiger partial charge on any atom is 0.408 e. The van der Waals surface area contributed by atoms with Crippen molar-refractivity contribution in [2.45, 2.75) is 39.3 Å². The summed E-state index contributed by atoms with van der Waals surface area (Å²) < 4.78 is 5.18. The number of hydrogen-bond donors (Lipinski definition) is 2. The van der Waals surface area contributed by atoms with Crippen LogP contribution in [0, 0.1) is 0 Å². The van der Waals surface area contributed by atoms with Crippen molar-refractivity contribution in [3.8, 4) is 0 Å². The highest BCUT2D eigenvalue weighted by atomic mass is 16.6. The third kappa shape index (κ3) is 4.76. The molecule has 0 spiro atoms. The first-order valence-electron chi connectivity index (χ1n) is 5.63. The molecule has 17 heavy (non-hydrogen) atoms. The third-order valence-electron chi connectivity index (χ3n) is 2.14. The summed E-state index contributed by atoms with van der Waals surface area (Å²) in [5.41, 5.74) is 6.83. The van der Waals surface area contributed by atoms with Gasteiger partial charge < -0.3 is 15.8 Å². The summed E-state index contributed by atoms with van der Waals surface area (Å²) in [5, 5.41) is 2.76. The Morgan fingerprint density at radius 2 is 2.06 bits per heavy atom. The number of hydrogen-bond acceptors (Lipinski definition) is 3. The van der Waals surface area contributed by atoms with E-state index in [1.165, 1.54) is 0 Å². The standard InChI is InChI=1S/C13H20N2O2/c1-9(10-6-5-7-11(14)8-10)15-12(16)17-13(2,3)4/h5-9H,14H2,1-4H3,(H,15,16)/t9-/m0/s1. The van der Waals surface area contributed by atoms with Crippen LogP contribution in [0.4, 0.5) is 10.5 Å². The van der Waals surface area contributed by atoms with Crippen LogP contribution in [0.2, 0.25) is 0 Å². The first-order valence-corrected chi connectivity index (χ1v) is 5.63. The minimum absolute atomic E-state index is 0.131. The van der Waals surface area contributed by atoms with Gasteiger partial charge in [0.1, 0.15) is 5.60 Å². The van der Waals surface area contributed by atoms with E-state index in [1.807, 2.05) is 52.0 Å². The van der Waals surface area contributed by atoms with Crippen LogP contribution in [0.3, 0.4) is 0 Å². The van der Waals surface area contributed by atoms with Crippen LogP contribution in [0.5, 0.6) is 0 Å². The van der Waals surface area contributed by atoms with Gasteiger partial charge in [0.15, 0.2) is 0 Å². The molecule has 0 aliphatic rings. The average molecular weight is 236 g/mol. The van der Waals surface area contributed by atoms with Crippen molar-refractivity contribution in [1.82, 2.24) is 5.32 Å². The molecule has 1 aromatic carbocycles. The second-order valence-corrected chi connectivity index (χ2v) is 5.04. The van der Waals surface area contributed by atoms with Crippen LogP contribution in [0.1, 0.15) is 39.3 Å². The molecule has 0 fully saturated rings. The van der Waals surface area contributed by atoms with Gasteiger partial charge in [0.05, 0.1) is 6.04 Å². The summed E-state index contributed by atoms with van der Waals surface area (Å²) in [7, 11) is 0. The monoisotopic (exact) mass is 236 g/mol. The van der Waals surface area contributed by atoms with Crippen molar-refractivity contribution in [2.75, 3.05) is 5.73 Å². The average Bonchev–Trinajstić information content (AvgIpc) is 2.14. The molecule has 1 atom stereocenters. The number of rotatable bonds is 2. The molecule has 0 bridgehead atoms. The van der Waals surface area contributed by atoms with Crippen LogP contribution in [0.15, 0.2) is 24.3 Å². The number of carbonyl (C=O) groups excluding carboxylic acids is 1. The molecule has 4 nitrogen and oxygen atoms in total. The minimum atomic E-state index is -0.487. The molecule has 0 aliphatic heterocycles. The van der Waals surface area contributed by atoms with Gasteiger partial charge in [-0.1, -0.05) is 12.1 Å². The van der Waals surface area contributed by atoms with E-state index in [1.54, 1.807) is 0 Å². The van der Waals surface area contributed by atoms with E-state index in [2.05, 4.69) is 5.32 Å². The summed E-state index contributed by atoms with van der Waals surface area (Å²) >= 11 is 0. The van der Waals surface area contributed by atoms with Gasteiger partial charge in [-0.3, -0.25) is 0 Å². The lowest BCUT2D eigenvalue weighted by molar-refractivity contribution is 0.0508. The Bertz CT molecular complexity index is 397. The number of nitrogens with two attached hydrogens (primary N) is 1. The molecule has 3 N–H and O–H groups in total. The fraction of sp³-hybridized carbons (Fsp3) is 0.462. The van der Waals surface area contributed by atoms with Gasteiger partial charge in [-0.25, -0.2) is 4.79 Å². The normalized spacial score (nSPS) is 12.9. The van der Waals surface area contributed by atoms with Gasteiger partial charge in [0.25, 0.3) is 0 Å². The van der Waals surface area contributed by atoms with E-state index in [9.17, 15) is 4.79 Å². The molecule has 1 aromatic rings. The number of nitrogens with one attached hydrogen (secondary N) is 1. The zero-order valence-corrected chi connectivity index (χ0v) is 10.8. The molecule has 0 unspecified atom stereocenters. The first kappa shape index (κ1) is 13.4. The maximum absolute atomic E-state index is 11.6. The molecular formula is C13H20N2O2. The quantitative estimate of drug-likeness (QED) is 0.776. The minimum Gasteiger partial charge on any atom is -0.444 e. The van der Waals surface area contributed by atoms with E-state index in [0.717, 1.165) is 5.56 Å². The number of alkyl carbamates (subject to hydrolysis) is 1. The molecule has 0 saturated carbocycles. The fourth-order valence-electron chi connectivity index (χ4n) is 1.40. The summed E-state index contributed by atoms with van der Waals surface area (Å²) in [6, 6.07) is 7.29. The Morgan fingerprint density at radius 1 is 1.41 bits per heavy atom. The van der Waals surface area contributed by atoms with Gasteiger partial charge in [-0.2, -0.15) is 0 Å². The zero-order chi connectivity index (χ0) is 13.1. The van der Waals surface area contributed by atoms with Crippen LogP contribution < -0.4 is 11.1 Å². The van der Waals surface area contributed by atoms with Gasteiger partial charge in [-0.15, -0.1) is 0 Å². The van der Waals surface area contributed by atoms with Crippen LogP contribution in [-0.2, 0) is 4.74 Å². The molecule has 4 heteroatoms. The van der Waals surface area contributed by atoms with Gasteiger partial charge in [0.2, 0.25) is 0 Å². The molecule has 94 valence electrons. The molecule has 0 aliphatic carbocycles. The summed E-state index contributed by atoms with van der Waals surface area (Å²) in [6.45, 7) is 7.38. The van der Waals surface area contributed by atoms with Gasteiger partial charge in [0, 0.05) is 5.69 Å². The van der Waals surface area contributed by atoms with E-state index in [-0.39, 0.29) is 6.04 Å². The predicted molar refractivity (Wildman–Crippen MR) is 68.6 cm³/mol. The Labute approximate surface area is 102 Å². The number of benzene rings is 1. The number of nitrogen functional groups attached to an aromatic ring is 1. The van der Waals surface area contributed by atoms with Gasteiger partial charge in [-0.05, 0) is 45.4 Å². The van der Waals surface area contributed by atoms with Crippen LogP contribution in [0.25, 0.3) is 0 Å². The van der Waals surface area contributed by atoms with E-state index < -0.39 is 11.7 Å². The molecule has 0 aromatic heterocycles. The van der Waals surface area contributed by atoms with Crippen molar-refractivity contribution in [1.29, 1.82) is 0 Å². The van der Waals surface area contributed by atoms with Crippen molar-refractivity contribution >= 4 is 11.8 Å². The molecular weight excluding hydrogens is 216 g/mol. The molecule has 1 rings (SSSR count). The van der Waals surface area contributed by atoms with E-state index in [0.29, 0.717) is 5.69 Å². The van der Waals surface area contributed by atoms with E-state index >= 15 is 0 Å². The van der Waals surface area contributed by atoms with Crippen molar-refractivity contribution < 1.29 is 9.53 Å². The van der Waals surface area contributed by atoms with Crippen molar-refractivity contribution in [3.63, 3.8) is 0 Å². The predicted octanol–water partition coefficient (Wildman–Crippen LogP) is 2.85. The van der Waals surface area contributed by atoms with Crippen molar-refractivity contribution in [3.05, 3.63) is 29.8 Å².